The van der Waals surface area contributed by atoms with E-state index < -0.39 is 12.2 Å². The number of hydrogen-bond donors (Lipinski definition) is 0. The Balaban J connectivity index is 0.000000196. The maximum absolute atomic E-state index is 13.6. The number of halogens is 2. The van der Waals surface area contributed by atoms with Gasteiger partial charge < -0.3 is 28.7 Å². The van der Waals surface area contributed by atoms with Crippen LogP contribution in [0.15, 0.2) is 146 Å². The van der Waals surface area contributed by atoms with E-state index in [4.69, 9.17) is 18.9 Å². The Bertz CT molecular complexity index is 2470. The first-order valence-electron chi connectivity index (χ1n) is 22.1. The van der Waals surface area contributed by atoms with E-state index >= 15 is 0 Å². The maximum Gasteiger partial charge on any atom is 0.273 e. The lowest BCUT2D eigenvalue weighted by molar-refractivity contribution is -0.127. The fraction of sp³-hybridized carbons (Fsp3) is 0.259. The van der Waals surface area contributed by atoms with Gasteiger partial charge in [-0.25, -0.2) is 0 Å². The molecule has 0 N–H and O–H groups in total. The van der Waals surface area contributed by atoms with Crippen LogP contribution in [0.25, 0.3) is 0 Å². The monoisotopic (exact) mass is 1060 g/mol. The average Bonchev–Trinajstić information content (AvgIpc) is 3.37. The summed E-state index contributed by atoms with van der Waals surface area (Å²) in [6.45, 7) is 1.95. The predicted octanol–water partition coefficient (Wildman–Crippen LogP) is 12.4. The van der Waals surface area contributed by atoms with E-state index in [0.717, 1.165) is 70.8 Å². The van der Waals surface area contributed by atoms with Gasteiger partial charge in [-0.3, -0.25) is 9.59 Å². The van der Waals surface area contributed by atoms with Crippen LogP contribution in [0.2, 0.25) is 0 Å². The van der Waals surface area contributed by atoms with E-state index in [-0.39, 0.29) is 11.8 Å². The van der Waals surface area contributed by atoms with Crippen molar-refractivity contribution in [2.75, 3.05) is 32.6 Å². The number of nitriles is 2. The minimum Gasteiger partial charge on any atom is -0.488 e. The number of fused-ring (bicyclic) bond motifs is 2. The van der Waals surface area contributed by atoms with Crippen molar-refractivity contribution in [2.45, 2.75) is 63.9 Å². The van der Waals surface area contributed by atoms with E-state index in [1.54, 1.807) is 41.3 Å². The Hall–Kier alpha value is -6.35. The summed E-state index contributed by atoms with van der Waals surface area (Å²) in [4.78, 5) is 30.9. The number of alkyl halides is 2. The highest BCUT2D eigenvalue weighted by molar-refractivity contribution is 14.1. The fourth-order valence-electron chi connectivity index (χ4n) is 7.75. The summed E-state index contributed by atoms with van der Waals surface area (Å²) < 4.78 is 25.7. The Kier molecular flexibility index (Phi) is 17.5. The van der Waals surface area contributed by atoms with Gasteiger partial charge in [-0.2, -0.15) is 10.5 Å². The van der Waals surface area contributed by atoms with Crippen molar-refractivity contribution in [1.82, 2.24) is 0 Å². The molecule has 6 aromatic rings. The van der Waals surface area contributed by atoms with Crippen molar-refractivity contribution in [3.63, 3.8) is 0 Å². The minimum absolute atomic E-state index is 0.136. The number of amides is 2. The molecule has 0 aliphatic carbocycles. The number of carbonyl (C=O) groups excluding carboxylic acids is 2. The first-order chi connectivity index (χ1) is 32.4. The number of benzene rings is 6. The van der Waals surface area contributed by atoms with Gasteiger partial charge in [-0.1, -0.05) is 136 Å². The summed E-state index contributed by atoms with van der Waals surface area (Å²) in [5.41, 5.74) is 5.65. The van der Waals surface area contributed by atoms with Gasteiger partial charge in [0.2, 0.25) is 12.2 Å². The van der Waals surface area contributed by atoms with Crippen molar-refractivity contribution in [1.29, 1.82) is 10.5 Å². The fourth-order valence-corrected chi connectivity index (χ4v) is 8.69. The molecule has 66 heavy (non-hydrogen) atoms. The molecule has 336 valence electrons. The molecule has 0 aromatic heterocycles. The van der Waals surface area contributed by atoms with Crippen molar-refractivity contribution < 1.29 is 28.5 Å². The minimum atomic E-state index is -0.879. The zero-order valence-electron chi connectivity index (χ0n) is 36.5. The zero-order valence-corrected chi connectivity index (χ0v) is 40.2. The van der Waals surface area contributed by atoms with E-state index in [2.05, 4.69) is 50.7 Å². The Labute approximate surface area is 408 Å². The molecular weight excluding hydrogens is 1010 g/mol. The molecule has 10 nitrogen and oxygen atoms in total. The molecule has 2 aliphatic heterocycles. The molecule has 12 heteroatoms. The van der Waals surface area contributed by atoms with E-state index in [1.807, 2.05) is 114 Å². The first-order valence-corrected chi connectivity index (χ1v) is 24.7. The average molecular weight is 1060 g/mol. The summed E-state index contributed by atoms with van der Waals surface area (Å²) in [6, 6.07) is 49.5. The molecule has 0 fully saturated rings. The van der Waals surface area contributed by atoms with Gasteiger partial charge in [-0.15, -0.1) is 0 Å². The van der Waals surface area contributed by atoms with Gasteiger partial charge >= 0.3 is 0 Å². The number of rotatable bonds is 18. The van der Waals surface area contributed by atoms with E-state index in [1.165, 1.54) is 0 Å². The van der Waals surface area contributed by atoms with E-state index in [0.29, 0.717) is 71.6 Å². The second-order valence-corrected chi connectivity index (χ2v) is 17.6. The highest BCUT2D eigenvalue weighted by Crippen LogP contribution is 2.43. The van der Waals surface area contributed by atoms with Crippen LogP contribution in [-0.2, 0) is 22.8 Å². The van der Waals surface area contributed by atoms with Gasteiger partial charge in [0.1, 0.15) is 36.2 Å². The normalized spacial score (nSPS) is 14.8. The topological polar surface area (TPSA) is 125 Å². The molecule has 0 unspecified atom stereocenters. The number of unbranched alkanes of at least 4 members (excludes halogenated alkanes) is 4. The van der Waals surface area contributed by atoms with Gasteiger partial charge in [-0.05, 0) is 102 Å². The SMILES string of the molecule is N#Cc1ccc(OCc2ccccc2)c([C@@H]2Oc3ccccc3N(CCCCCBr)C2=O)c1.N#Cc1ccc(OCc2ccccc2)c([C@@H]2Oc3ccccc3N(CCCCCI)C2=O)c1. The largest absolute Gasteiger partial charge is 0.488 e. The number of anilines is 2. The lowest BCUT2D eigenvalue weighted by atomic mass is 10.0. The third-order valence-corrected chi connectivity index (χ3v) is 12.5. The van der Waals surface area contributed by atoms with Crippen molar-refractivity contribution in [3.05, 3.63) is 179 Å². The highest BCUT2D eigenvalue weighted by Gasteiger charge is 2.38. The number of carbonyl (C=O) groups is 2. The van der Waals surface area contributed by atoms with Crippen LogP contribution in [-0.4, -0.2) is 34.7 Å². The molecule has 2 atom stereocenters. The van der Waals surface area contributed by atoms with E-state index in [9.17, 15) is 20.1 Å². The van der Waals surface area contributed by atoms with Crippen LogP contribution in [0.1, 0.15) is 84.1 Å². The Morgan fingerprint density at radius 2 is 0.970 bits per heavy atom. The Morgan fingerprint density at radius 1 is 0.545 bits per heavy atom. The Morgan fingerprint density at radius 3 is 1.39 bits per heavy atom. The number of nitrogens with zero attached hydrogens (tertiary/aromatic N) is 4. The number of ether oxygens (including phenoxy) is 4. The summed E-state index contributed by atoms with van der Waals surface area (Å²) in [6.07, 6.45) is 4.35. The summed E-state index contributed by atoms with van der Waals surface area (Å²) >= 11 is 5.84. The first kappa shape index (κ1) is 47.6. The molecule has 2 aliphatic rings. The number of para-hydroxylation sites is 4. The summed E-state index contributed by atoms with van der Waals surface area (Å²) in [7, 11) is 0. The second kappa shape index (κ2) is 24.3. The lowest BCUT2D eigenvalue weighted by Crippen LogP contribution is -2.41. The molecule has 0 bridgehead atoms. The molecule has 0 spiro atoms. The van der Waals surface area contributed by atoms with Crippen LogP contribution in [0.5, 0.6) is 23.0 Å². The molecule has 0 saturated heterocycles. The predicted molar refractivity (Wildman–Crippen MR) is 269 cm³/mol. The molecule has 0 saturated carbocycles. The van der Waals surface area contributed by atoms with Gasteiger partial charge in [0.25, 0.3) is 11.8 Å². The quantitative estimate of drug-likeness (QED) is 0.0473. The molecular formula is C54H50BrIN4O6. The smallest absolute Gasteiger partial charge is 0.273 e. The van der Waals surface area contributed by atoms with Crippen molar-refractivity contribution in [2.24, 2.45) is 0 Å². The molecule has 6 aromatic carbocycles. The third kappa shape index (κ3) is 12.1. The zero-order chi connectivity index (χ0) is 46.1. The molecule has 0 radical (unpaired) electrons. The highest BCUT2D eigenvalue weighted by atomic mass is 127. The molecule has 2 heterocycles. The van der Waals surface area contributed by atoms with Gasteiger partial charge in [0.05, 0.1) is 34.6 Å². The standard InChI is InChI=1S/C27H25BrN2O3.C27H25IN2O3/c2*28-15-7-2-8-16-30-23-11-5-6-12-25(23)33-26(27(30)31)22-17-21(18-29)13-14-24(22)32-19-20-9-3-1-4-10-20/h2*1,3-6,9-14,17,26H,2,7-8,15-16,19H2/t2*26-/m00/s1. The summed E-state index contributed by atoms with van der Waals surface area (Å²) in [5, 5.41) is 19.9. The van der Waals surface area contributed by atoms with Gasteiger partial charge in [0, 0.05) is 29.5 Å². The van der Waals surface area contributed by atoms with Crippen LogP contribution < -0.4 is 28.7 Å². The molecule has 8 rings (SSSR count). The maximum atomic E-state index is 13.6. The second-order valence-electron chi connectivity index (χ2n) is 15.7. The summed E-state index contributed by atoms with van der Waals surface area (Å²) in [5.74, 6) is 2.11. The van der Waals surface area contributed by atoms with Crippen LogP contribution in [0.4, 0.5) is 11.4 Å². The van der Waals surface area contributed by atoms with Crippen LogP contribution in [0, 0.1) is 22.7 Å². The molecule has 2 amide bonds. The third-order valence-electron chi connectivity index (χ3n) is 11.1. The van der Waals surface area contributed by atoms with Crippen molar-refractivity contribution >= 4 is 61.7 Å². The van der Waals surface area contributed by atoms with Crippen LogP contribution >= 0.6 is 38.5 Å². The van der Waals surface area contributed by atoms with Gasteiger partial charge in [0.15, 0.2) is 0 Å². The lowest BCUT2D eigenvalue weighted by Gasteiger charge is -2.35. The van der Waals surface area contributed by atoms with Crippen LogP contribution in [0.3, 0.4) is 0 Å². The van der Waals surface area contributed by atoms with Crippen molar-refractivity contribution in [3.8, 4) is 35.1 Å². The number of hydrogen-bond acceptors (Lipinski definition) is 8.